The molecule has 68 valence electrons. The van der Waals surface area contributed by atoms with E-state index in [0.717, 1.165) is 0 Å². The summed E-state index contributed by atoms with van der Waals surface area (Å²) in [7, 11) is 0. The highest BCUT2D eigenvalue weighted by Gasteiger charge is 2.26. The number of nitrogens with one attached hydrogen (secondary N) is 1. The van der Waals surface area contributed by atoms with E-state index >= 15 is 0 Å². The first-order valence-electron chi connectivity index (χ1n) is 4.06. The standard InChI is InChI=1S/C8H9N3O2/c12-7-6(2-5-13-7)11-8-9-3-1-4-10-8/h1,3-4,6H,2,5H2,(H,9,10,11). The Labute approximate surface area is 75.1 Å². The van der Waals surface area contributed by atoms with Gasteiger partial charge in [-0.25, -0.2) is 14.8 Å². The van der Waals surface area contributed by atoms with E-state index in [-0.39, 0.29) is 12.0 Å². The van der Waals surface area contributed by atoms with Gasteiger partial charge in [-0.3, -0.25) is 0 Å². The molecule has 0 aliphatic carbocycles. The zero-order valence-corrected chi connectivity index (χ0v) is 6.93. The van der Waals surface area contributed by atoms with E-state index in [1.54, 1.807) is 18.5 Å². The maximum atomic E-state index is 11.0. The summed E-state index contributed by atoms with van der Waals surface area (Å²) < 4.78 is 4.78. The van der Waals surface area contributed by atoms with Crippen LogP contribution in [0.15, 0.2) is 18.5 Å². The van der Waals surface area contributed by atoms with Crippen LogP contribution in [-0.4, -0.2) is 28.6 Å². The second-order valence-corrected chi connectivity index (χ2v) is 2.73. The molecule has 5 heteroatoms. The van der Waals surface area contributed by atoms with Crippen LogP contribution in [-0.2, 0) is 9.53 Å². The van der Waals surface area contributed by atoms with E-state index in [4.69, 9.17) is 4.74 Å². The van der Waals surface area contributed by atoms with Gasteiger partial charge in [0.05, 0.1) is 6.61 Å². The molecular weight excluding hydrogens is 170 g/mol. The van der Waals surface area contributed by atoms with Crippen LogP contribution in [0.4, 0.5) is 5.95 Å². The minimum atomic E-state index is -0.289. The number of anilines is 1. The molecule has 0 aromatic carbocycles. The van der Waals surface area contributed by atoms with Crippen LogP contribution in [0.1, 0.15) is 6.42 Å². The first kappa shape index (κ1) is 7.97. The fraction of sp³-hybridized carbons (Fsp3) is 0.375. The molecule has 1 aliphatic heterocycles. The number of hydrogen-bond donors (Lipinski definition) is 1. The molecular formula is C8H9N3O2. The summed E-state index contributed by atoms with van der Waals surface area (Å²) in [6.07, 6.45) is 3.92. The molecule has 2 rings (SSSR count). The topological polar surface area (TPSA) is 64.1 Å². The maximum absolute atomic E-state index is 11.0. The molecule has 2 heterocycles. The van der Waals surface area contributed by atoms with E-state index in [2.05, 4.69) is 15.3 Å². The van der Waals surface area contributed by atoms with Crippen LogP contribution >= 0.6 is 0 Å². The molecule has 0 radical (unpaired) electrons. The lowest BCUT2D eigenvalue weighted by molar-refractivity contribution is -0.138. The van der Waals surface area contributed by atoms with Crippen molar-refractivity contribution in [2.45, 2.75) is 12.5 Å². The number of nitrogens with zero attached hydrogens (tertiary/aromatic N) is 2. The summed E-state index contributed by atoms with van der Waals surface area (Å²) in [5.41, 5.74) is 0. The van der Waals surface area contributed by atoms with Crippen molar-refractivity contribution in [1.29, 1.82) is 0 Å². The monoisotopic (exact) mass is 179 g/mol. The first-order valence-corrected chi connectivity index (χ1v) is 4.06. The zero-order chi connectivity index (χ0) is 9.10. The molecule has 0 saturated carbocycles. The van der Waals surface area contributed by atoms with Crippen molar-refractivity contribution >= 4 is 11.9 Å². The predicted molar refractivity (Wildman–Crippen MR) is 45.0 cm³/mol. The second-order valence-electron chi connectivity index (χ2n) is 2.73. The van der Waals surface area contributed by atoms with Crippen LogP contribution in [0.3, 0.4) is 0 Å². The summed E-state index contributed by atoms with van der Waals surface area (Å²) in [6.45, 7) is 0.476. The summed E-state index contributed by atoms with van der Waals surface area (Å²) in [5, 5.41) is 2.89. The van der Waals surface area contributed by atoms with Crippen LogP contribution in [0, 0.1) is 0 Å². The highest BCUT2D eigenvalue weighted by atomic mass is 16.5. The fourth-order valence-electron chi connectivity index (χ4n) is 1.16. The molecule has 1 aliphatic rings. The van der Waals surface area contributed by atoms with Gasteiger partial charge in [0.2, 0.25) is 5.95 Å². The quantitative estimate of drug-likeness (QED) is 0.657. The van der Waals surface area contributed by atoms with Crippen molar-refractivity contribution in [2.75, 3.05) is 11.9 Å². The lowest BCUT2D eigenvalue weighted by atomic mass is 10.2. The molecule has 0 bridgehead atoms. The highest BCUT2D eigenvalue weighted by molar-refractivity contribution is 5.80. The average Bonchev–Trinajstić information content (AvgIpc) is 2.54. The molecule has 1 aromatic rings. The van der Waals surface area contributed by atoms with E-state index in [9.17, 15) is 4.79 Å². The van der Waals surface area contributed by atoms with Gasteiger partial charge in [0, 0.05) is 18.8 Å². The first-order chi connectivity index (χ1) is 6.36. The van der Waals surface area contributed by atoms with Crippen molar-refractivity contribution in [3.8, 4) is 0 Å². The van der Waals surface area contributed by atoms with Crippen molar-refractivity contribution in [3.63, 3.8) is 0 Å². The number of cyclic esters (lactones) is 1. The molecule has 1 atom stereocenters. The van der Waals surface area contributed by atoms with Gasteiger partial charge < -0.3 is 10.1 Å². The Morgan fingerprint density at radius 1 is 1.46 bits per heavy atom. The molecule has 1 aromatic heterocycles. The summed E-state index contributed by atoms with van der Waals surface area (Å²) in [4.78, 5) is 18.9. The summed E-state index contributed by atoms with van der Waals surface area (Å²) in [6, 6.07) is 1.43. The average molecular weight is 179 g/mol. The van der Waals surface area contributed by atoms with Crippen LogP contribution in [0.25, 0.3) is 0 Å². The number of hydrogen-bond acceptors (Lipinski definition) is 5. The Kier molecular flexibility index (Phi) is 2.08. The largest absolute Gasteiger partial charge is 0.464 e. The van der Waals surface area contributed by atoms with E-state index in [1.807, 2.05) is 0 Å². The fourth-order valence-corrected chi connectivity index (χ4v) is 1.16. The molecule has 0 spiro atoms. The Balaban J connectivity index is 2.02. The van der Waals surface area contributed by atoms with E-state index in [1.165, 1.54) is 0 Å². The molecule has 0 amide bonds. The summed E-state index contributed by atoms with van der Waals surface area (Å²) in [5.74, 6) is 0.235. The van der Waals surface area contributed by atoms with Crippen molar-refractivity contribution < 1.29 is 9.53 Å². The number of carbonyl (C=O) groups is 1. The van der Waals surface area contributed by atoms with Gasteiger partial charge in [-0.05, 0) is 6.07 Å². The van der Waals surface area contributed by atoms with Crippen molar-refractivity contribution in [2.24, 2.45) is 0 Å². The molecule has 13 heavy (non-hydrogen) atoms. The third-order valence-corrected chi connectivity index (χ3v) is 1.80. The lowest BCUT2D eigenvalue weighted by Crippen LogP contribution is -2.25. The zero-order valence-electron chi connectivity index (χ0n) is 6.93. The maximum Gasteiger partial charge on any atom is 0.328 e. The number of ether oxygens (including phenoxy) is 1. The van der Waals surface area contributed by atoms with Gasteiger partial charge >= 0.3 is 5.97 Å². The third-order valence-electron chi connectivity index (χ3n) is 1.80. The minimum Gasteiger partial charge on any atom is -0.464 e. The Morgan fingerprint density at radius 3 is 2.85 bits per heavy atom. The van der Waals surface area contributed by atoms with Gasteiger partial charge in [0.15, 0.2) is 0 Å². The van der Waals surface area contributed by atoms with Crippen LogP contribution in [0.5, 0.6) is 0 Å². The lowest BCUT2D eigenvalue weighted by Gasteiger charge is -2.06. The van der Waals surface area contributed by atoms with Crippen molar-refractivity contribution in [3.05, 3.63) is 18.5 Å². The molecule has 5 nitrogen and oxygen atoms in total. The molecule has 1 fully saturated rings. The highest BCUT2D eigenvalue weighted by Crippen LogP contribution is 2.10. The second kappa shape index (κ2) is 3.38. The van der Waals surface area contributed by atoms with Crippen LogP contribution < -0.4 is 5.32 Å². The molecule has 1 N–H and O–H groups in total. The van der Waals surface area contributed by atoms with Crippen molar-refractivity contribution in [1.82, 2.24) is 9.97 Å². The van der Waals surface area contributed by atoms with E-state index < -0.39 is 0 Å². The Morgan fingerprint density at radius 2 is 2.23 bits per heavy atom. The number of esters is 1. The predicted octanol–water partition coefficient (Wildman–Crippen LogP) is 0.204. The molecule has 1 unspecified atom stereocenters. The summed E-state index contributed by atoms with van der Waals surface area (Å²) >= 11 is 0. The third kappa shape index (κ3) is 1.74. The van der Waals surface area contributed by atoms with E-state index in [0.29, 0.717) is 19.0 Å². The smallest absolute Gasteiger partial charge is 0.328 e. The SMILES string of the molecule is O=C1OCCC1Nc1ncccn1. The van der Waals surface area contributed by atoms with Gasteiger partial charge in [0.1, 0.15) is 6.04 Å². The Hall–Kier alpha value is -1.65. The normalized spacial score (nSPS) is 21.2. The van der Waals surface area contributed by atoms with Gasteiger partial charge in [-0.1, -0.05) is 0 Å². The number of aromatic nitrogens is 2. The Bertz CT molecular complexity index is 302. The number of rotatable bonds is 2. The minimum absolute atomic E-state index is 0.229. The van der Waals surface area contributed by atoms with Gasteiger partial charge in [-0.15, -0.1) is 0 Å². The molecule has 1 saturated heterocycles. The van der Waals surface area contributed by atoms with Gasteiger partial charge in [-0.2, -0.15) is 0 Å². The van der Waals surface area contributed by atoms with Gasteiger partial charge in [0.25, 0.3) is 0 Å². The number of carbonyl (C=O) groups excluding carboxylic acids is 1. The van der Waals surface area contributed by atoms with Crippen LogP contribution in [0.2, 0.25) is 0 Å².